The lowest BCUT2D eigenvalue weighted by Crippen LogP contribution is -1.74. The predicted molar refractivity (Wildman–Crippen MR) is 41.1 cm³/mol. The molecule has 1 N–H and O–H groups in total. The van der Waals surface area contributed by atoms with Gasteiger partial charge in [-0.15, -0.1) is 6.55 Å². The number of hydrogen-bond acceptors (Lipinski definition) is 2. The highest BCUT2D eigenvalue weighted by Gasteiger charge is 1.65. The van der Waals surface area contributed by atoms with Gasteiger partial charge in [-0.2, -0.15) is 0 Å². The molecule has 0 aliphatic carbocycles. The van der Waals surface area contributed by atoms with E-state index in [0.29, 0.717) is 0 Å². The average molecular weight is 133 g/mol. The Labute approximate surface area is 59.8 Å². The van der Waals surface area contributed by atoms with Gasteiger partial charge < -0.3 is 5.21 Å². The second-order valence-corrected chi connectivity index (χ2v) is 2.12. The van der Waals surface area contributed by atoms with Crippen molar-refractivity contribution in [1.82, 2.24) is 0 Å². The molecule has 0 atom stereocenters. The van der Waals surface area contributed by atoms with Crippen LogP contribution in [0.1, 0.15) is 29.1 Å². The van der Waals surface area contributed by atoms with E-state index in [1.54, 1.807) is 13.8 Å². The van der Waals surface area contributed by atoms with E-state index in [-0.39, 0.29) is 0 Å². The van der Waals surface area contributed by atoms with Gasteiger partial charge >= 0.3 is 1.43 Å². The fourth-order valence-corrected chi connectivity index (χ4v) is 0. The molecule has 0 aliphatic rings. The smallest absolute Gasteiger partial charge is 0.330 e. The Morgan fingerprint density at radius 2 is 2.00 bits per heavy atom. The molecule has 0 aromatic rings. The van der Waals surface area contributed by atoms with E-state index in [1.807, 2.05) is 13.8 Å². The lowest BCUT2D eigenvalue weighted by atomic mass is 10.4. The third-order valence-corrected chi connectivity index (χ3v) is 0.183. The van der Waals surface area contributed by atoms with Crippen LogP contribution in [0, 0.1) is 0 Å². The van der Waals surface area contributed by atoms with Crippen LogP contribution in [0.5, 0.6) is 0 Å². The van der Waals surface area contributed by atoms with E-state index in [1.165, 1.54) is 6.55 Å². The zero-order valence-electron chi connectivity index (χ0n) is 8.43. The molecule has 0 saturated heterocycles. The predicted octanol–water partition coefficient (Wildman–Crippen LogP) is 2.44. The average Bonchev–Trinajstić information content (AvgIpc) is 1.89. The maximum absolute atomic E-state index is 6.50. The van der Waals surface area contributed by atoms with Crippen molar-refractivity contribution in [1.29, 1.82) is 0 Å². The molecule has 0 radical (unpaired) electrons. The van der Waals surface area contributed by atoms with Crippen LogP contribution in [0.2, 0.25) is 1.43 Å². The van der Waals surface area contributed by atoms with Crippen molar-refractivity contribution in [3.63, 3.8) is 0 Å². The summed E-state index contributed by atoms with van der Waals surface area (Å²) in [7, 11) is 0. The minimum absolute atomic E-state index is 0.755. The molecule has 0 heterocycles. The van der Waals surface area contributed by atoms with Gasteiger partial charge in [0.1, 0.15) is 0 Å². The fraction of sp³-hybridized carbons (Fsp3) is 0.571. The number of rotatable bonds is 1. The van der Waals surface area contributed by atoms with Crippen molar-refractivity contribution < 1.29 is 8.01 Å². The molecule has 0 unspecified atom stereocenters. The molecule has 2 nitrogen and oxygen atoms in total. The molecule has 0 bridgehead atoms. The van der Waals surface area contributed by atoms with Crippen molar-refractivity contribution in [2.45, 2.75) is 27.7 Å². The molecule has 9 heavy (non-hydrogen) atoms. The van der Waals surface area contributed by atoms with E-state index < -0.39 is 0 Å². The molecule has 2 heteroatoms. The first-order valence-electron chi connectivity index (χ1n) is 3.68. The third-order valence-electron chi connectivity index (χ3n) is 0.183. The van der Waals surface area contributed by atoms with Crippen LogP contribution in [0.4, 0.5) is 0 Å². The van der Waals surface area contributed by atoms with E-state index in [9.17, 15) is 0 Å². The Hall–Kier alpha value is -0.790. The molecule has 0 aliphatic heterocycles. The highest BCUT2D eigenvalue weighted by molar-refractivity contribution is 5.78. The molecule has 0 fully saturated rings. The van der Waals surface area contributed by atoms with E-state index in [0.717, 1.165) is 11.3 Å². The first kappa shape index (κ1) is 6.33. The summed E-state index contributed by atoms with van der Waals surface area (Å²) in [5, 5.41) is 6.85. The summed E-state index contributed by atoms with van der Waals surface area (Å²) in [4.78, 5) is 0. The lowest BCUT2D eigenvalue weighted by Gasteiger charge is -1.72. The highest BCUT2D eigenvalue weighted by Crippen LogP contribution is 1.73. The van der Waals surface area contributed by atoms with E-state index in [2.05, 4.69) is 10.4 Å². The summed E-state index contributed by atoms with van der Waals surface area (Å²) in [6.07, 6.45) is 0. The lowest BCUT2D eigenvalue weighted by molar-refractivity contribution is 0.318. The van der Waals surface area contributed by atoms with Gasteiger partial charge in [0.25, 0.3) is 0 Å². The van der Waals surface area contributed by atoms with Gasteiger partial charge in [0.05, 0.1) is 7.08 Å². The largest absolute Gasteiger partial charge is 0.411 e. The van der Waals surface area contributed by atoms with Gasteiger partial charge in [-0.3, -0.25) is 0 Å². The number of nitrogens with zero attached hydrogens (tertiary/aromatic N) is 1. The van der Waals surface area contributed by atoms with Crippen molar-refractivity contribution in [2.75, 3.05) is 0 Å². The van der Waals surface area contributed by atoms with Gasteiger partial charge in [0.2, 0.25) is 0 Å². The summed E-state index contributed by atoms with van der Waals surface area (Å²) in [5.41, 5.74) is 1.80. The number of hydrogen-bond donors (Lipinski definition) is 1. The monoisotopic (exact) mass is 133 g/mol. The molecule has 0 saturated carbocycles. The van der Waals surface area contributed by atoms with Crippen LogP contribution in [-0.4, -0.2) is 10.9 Å². The Bertz CT molecular complexity index is 135. The SMILES string of the molecule is [3H]C=C(C)C.[3H]ON=C(C)C. The quantitative estimate of drug-likeness (QED) is 0.253. The Morgan fingerprint density at radius 3 is 2.00 bits per heavy atom. The van der Waals surface area contributed by atoms with Crippen LogP contribution in [0.25, 0.3) is 0 Å². The van der Waals surface area contributed by atoms with Crippen LogP contribution >= 0.6 is 0 Å². The maximum Gasteiger partial charge on any atom is 0.330 e. The van der Waals surface area contributed by atoms with Gasteiger partial charge in [0, 0.05) is 0 Å². The van der Waals surface area contributed by atoms with Gasteiger partial charge in [0.15, 0.2) is 0 Å². The van der Waals surface area contributed by atoms with Gasteiger partial charge in [-0.25, -0.2) is 0 Å². The van der Waals surface area contributed by atoms with E-state index in [4.69, 9.17) is 2.80 Å². The summed E-state index contributed by atoms with van der Waals surface area (Å²) in [6, 6.07) is 0. The molecule has 0 spiro atoms. The zero-order valence-corrected chi connectivity index (χ0v) is 6.43. The Kier molecular flexibility index (Phi) is 5.07. The minimum Gasteiger partial charge on any atom is -0.411 e. The Morgan fingerprint density at radius 1 is 1.56 bits per heavy atom. The molecule has 0 aromatic heterocycles. The normalized spacial score (nSPS) is 8.89. The minimum atomic E-state index is 0.755. The standard InChI is InChI=1S/C4H8.C3H7NO/c1-4(2)3;1-3(2)4-5/h1H2,2-3H3;5H,1-2H3/i1T;/hT. The summed E-state index contributed by atoms with van der Waals surface area (Å²) >= 11 is 0. The topological polar surface area (TPSA) is 32.6 Å². The summed E-state index contributed by atoms with van der Waals surface area (Å²) in [5.74, 6) is 0. The molecule has 0 amide bonds. The molecule has 0 rings (SSSR count). The van der Waals surface area contributed by atoms with Crippen molar-refractivity contribution >= 4 is 5.71 Å². The van der Waals surface area contributed by atoms with Gasteiger partial charge in [-0.1, -0.05) is 10.7 Å². The summed E-state index contributed by atoms with van der Waals surface area (Å²) in [6.45, 7) is 8.64. The van der Waals surface area contributed by atoms with Gasteiger partial charge in [-0.05, 0) is 27.7 Å². The van der Waals surface area contributed by atoms with Crippen molar-refractivity contribution in [3.8, 4) is 0 Å². The number of oxime groups is 1. The number of allylic oxidation sites excluding steroid dienone is 1. The molecular weight excluding hydrogens is 114 g/mol. The highest BCUT2D eigenvalue weighted by atomic mass is 16.4. The second kappa shape index (κ2) is 7.21. The Balaban J connectivity index is 0. The van der Waals surface area contributed by atoms with Crippen molar-refractivity contribution in [3.05, 3.63) is 12.1 Å². The second-order valence-electron chi connectivity index (χ2n) is 2.12. The summed E-state index contributed by atoms with van der Waals surface area (Å²) < 4.78 is 12.5. The van der Waals surface area contributed by atoms with Crippen molar-refractivity contribution in [2.24, 2.45) is 5.16 Å². The first-order valence-corrected chi connectivity index (χ1v) is 2.69. The van der Waals surface area contributed by atoms with E-state index >= 15 is 0 Å². The maximum atomic E-state index is 6.50. The molecule has 54 valence electrons. The van der Waals surface area contributed by atoms with Crippen LogP contribution < -0.4 is 0 Å². The first-order chi connectivity index (χ1) is 5.04. The zero-order chi connectivity index (χ0) is 9.28. The van der Waals surface area contributed by atoms with Crippen LogP contribution in [-0.2, 0) is 0 Å². The molecular formula is C7H15NO. The molecule has 0 aromatic carbocycles. The third kappa shape index (κ3) is 134. The van der Waals surface area contributed by atoms with Crippen LogP contribution in [0.3, 0.4) is 0 Å². The fourth-order valence-electron chi connectivity index (χ4n) is 0. The van der Waals surface area contributed by atoms with Crippen LogP contribution in [0.15, 0.2) is 17.3 Å².